The molecule has 0 spiro atoms. The van der Waals surface area contributed by atoms with Crippen LogP contribution in [0.1, 0.15) is 74.5 Å². The van der Waals surface area contributed by atoms with Crippen molar-refractivity contribution in [1.29, 1.82) is 0 Å². The van der Waals surface area contributed by atoms with E-state index < -0.39 is 0 Å². The predicted molar refractivity (Wildman–Crippen MR) is 135 cm³/mol. The summed E-state index contributed by atoms with van der Waals surface area (Å²) in [6, 6.07) is 23.0. The van der Waals surface area contributed by atoms with E-state index >= 15 is 0 Å². The lowest BCUT2D eigenvalue weighted by Gasteiger charge is -2.29. The molecule has 4 rings (SSSR count). The molecular weight excluding hydrogens is 415 g/mol. The van der Waals surface area contributed by atoms with Crippen molar-refractivity contribution in [3.63, 3.8) is 0 Å². The fourth-order valence-corrected chi connectivity index (χ4v) is 5.15. The summed E-state index contributed by atoms with van der Waals surface area (Å²) in [4.78, 5) is 0. The molecule has 0 radical (unpaired) electrons. The molecule has 0 aromatic heterocycles. The average molecular weight is 449 g/mol. The molecule has 3 aromatic carbocycles. The summed E-state index contributed by atoms with van der Waals surface area (Å²) in [7, 11) is 0. The summed E-state index contributed by atoms with van der Waals surface area (Å²) in [5.41, 5.74) is 6.29. The number of halogens is 2. The van der Waals surface area contributed by atoms with E-state index in [4.69, 9.17) is 11.6 Å². The van der Waals surface area contributed by atoms with Gasteiger partial charge in [-0.2, -0.15) is 0 Å². The third-order valence-electron chi connectivity index (χ3n) is 7.17. The third-order valence-corrected chi connectivity index (χ3v) is 7.47. The van der Waals surface area contributed by atoms with E-state index in [-0.39, 0.29) is 10.8 Å². The highest BCUT2D eigenvalue weighted by atomic mass is 35.5. The van der Waals surface area contributed by atoms with Crippen LogP contribution in [0.5, 0.6) is 0 Å². The number of rotatable bonds is 8. The maximum absolute atomic E-state index is 13.7. The molecule has 0 unspecified atom stereocenters. The second kappa shape index (κ2) is 11.1. The number of unbranched alkanes of at least 4 members (excludes halogenated alkanes) is 1. The standard InChI is InChI=1S/C30H34ClF/c1-2-3-4-22-7-13-25(14-8-22)26-15-9-23(10-16-26)5-6-24-11-17-27(18-12-24)28-19-20-29(31)30(32)21-28/h7-8,11-14,17-21,23,26H,2-6,9-10,15-16H2,1H3/t23-,26-. The summed E-state index contributed by atoms with van der Waals surface area (Å²) in [5, 5.41) is 0.170. The fraction of sp³-hybridized carbons (Fsp3) is 0.400. The summed E-state index contributed by atoms with van der Waals surface area (Å²) < 4.78 is 13.7. The first-order valence-electron chi connectivity index (χ1n) is 12.3. The molecule has 3 aromatic rings. The topological polar surface area (TPSA) is 0 Å². The first-order valence-corrected chi connectivity index (χ1v) is 12.6. The molecule has 0 heterocycles. The zero-order valence-corrected chi connectivity index (χ0v) is 19.9. The summed E-state index contributed by atoms with van der Waals surface area (Å²) >= 11 is 5.80. The van der Waals surface area contributed by atoms with Crippen molar-refractivity contribution < 1.29 is 4.39 Å². The number of hydrogen-bond donors (Lipinski definition) is 0. The van der Waals surface area contributed by atoms with Crippen LogP contribution in [-0.2, 0) is 12.8 Å². The van der Waals surface area contributed by atoms with Crippen LogP contribution in [0.15, 0.2) is 66.7 Å². The Morgan fingerprint density at radius 2 is 1.41 bits per heavy atom. The van der Waals surface area contributed by atoms with E-state index in [1.807, 2.05) is 6.07 Å². The van der Waals surface area contributed by atoms with Gasteiger partial charge in [0.2, 0.25) is 0 Å². The van der Waals surface area contributed by atoms with Crippen LogP contribution in [-0.4, -0.2) is 0 Å². The van der Waals surface area contributed by atoms with Crippen LogP contribution in [0, 0.1) is 11.7 Å². The minimum Gasteiger partial charge on any atom is -0.205 e. The molecule has 0 N–H and O–H groups in total. The van der Waals surface area contributed by atoms with Gasteiger partial charge >= 0.3 is 0 Å². The molecule has 0 amide bonds. The van der Waals surface area contributed by atoms with E-state index in [2.05, 4.69) is 55.5 Å². The summed E-state index contributed by atoms with van der Waals surface area (Å²) in [5.74, 6) is 1.21. The molecule has 168 valence electrons. The normalized spacial score (nSPS) is 18.6. The Kier molecular flexibility index (Phi) is 8.03. The molecule has 0 bridgehead atoms. The van der Waals surface area contributed by atoms with E-state index in [1.165, 1.54) is 74.1 Å². The molecule has 0 saturated heterocycles. The second-order valence-electron chi connectivity index (χ2n) is 9.43. The van der Waals surface area contributed by atoms with Gasteiger partial charge in [-0.3, -0.25) is 0 Å². The lowest BCUT2D eigenvalue weighted by molar-refractivity contribution is 0.310. The second-order valence-corrected chi connectivity index (χ2v) is 9.83. The SMILES string of the molecule is CCCCc1ccc([C@H]2CC[C@H](CCc3ccc(-c4ccc(Cl)c(F)c4)cc3)CC2)cc1. The molecule has 32 heavy (non-hydrogen) atoms. The van der Waals surface area contributed by atoms with Crippen LogP contribution >= 0.6 is 11.6 Å². The Morgan fingerprint density at radius 1 is 0.781 bits per heavy atom. The van der Waals surface area contributed by atoms with Crippen LogP contribution < -0.4 is 0 Å². The zero-order valence-electron chi connectivity index (χ0n) is 19.1. The molecule has 1 saturated carbocycles. The lowest BCUT2D eigenvalue weighted by Crippen LogP contribution is -2.14. The minimum absolute atomic E-state index is 0.170. The third kappa shape index (κ3) is 6.01. The van der Waals surface area contributed by atoms with Gasteiger partial charge in [-0.15, -0.1) is 0 Å². The molecule has 0 atom stereocenters. The van der Waals surface area contributed by atoms with Gasteiger partial charge in [0.05, 0.1) is 5.02 Å². The average Bonchev–Trinajstić information content (AvgIpc) is 2.84. The van der Waals surface area contributed by atoms with Gasteiger partial charge in [-0.1, -0.05) is 79.5 Å². The van der Waals surface area contributed by atoms with Crippen LogP contribution in [0.4, 0.5) is 4.39 Å². The number of benzene rings is 3. The van der Waals surface area contributed by atoms with Gasteiger partial charge < -0.3 is 0 Å². The highest BCUT2D eigenvalue weighted by Crippen LogP contribution is 2.37. The van der Waals surface area contributed by atoms with Crippen LogP contribution in [0.25, 0.3) is 11.1 Å². The zero-order chi connectivity index (χ0) is 22.3. The quantitative estimate of drug-likeness (QED) is 0.322. The Labute approximate surface area is 197 Å². The molecule has 0 nitrogen and oxygen atoms in total. The number of hydrogen-bond acceptors (Lipinski definition) is 0. The first kappa shape index (κ1) is 23.1. The van der Waals surface area contributed by atoms with Crippen molar-refractivity contribution in [3.05, 3.63) is 94.3 Å². The minimum atomic E-state index is -0.365. The van der Waals surface area contributed by atoms with Gasteiger partial charge in [-0.25, -0.2) is 4.39 Å². The Bertz CT molecular complexity index is 982. The summed E-state index contributed by atoms with van der Waals surface area (Å²) in [6.45, 7) is 2.26. The van der Waals surface area contributed by atoms with Crippen molar-refractivity contribution in [1.82, 2.24) is 0 Å². The maximum Gasteiger partial charge on any atom is 0.142 e. The maximum atomic E-state index is 13.7. The highest BCUT2D eigenvalue weighted by molar-refractivity contribution is 6.30. The predicted octanol–water partition coefficient (Wildman–Crippen LogP) is 9.40. The molecule has 1 fully saturated rings. The van der Waals surface area contributed by atoms with Crippen molar-refractivity contribution in [2.75, 3.05) is 0 Å². The Balaban J connectivity index is 1.24. The highest BCUT2D eigenvalue weighted by Gasteiger charge is 2.22. The van der Waals surface area contributed by atoms with E-state index in [1.54, 1.807) is 6.07 Å². The first-order chi connectivity index (χ1) is 15.6. The van der Waals surface area contributed by atoms with E-state index in [0.717, 1.165) is 29.4 Å². The smallest absolute Gasteiger partial charge is 0.142 e. The van der Waals surface area contributed by atoms with Gasteiger partial charge in [0.1, 0.15) is 5.82 Å². The van der Waals surface area contributed by atoms with Crippen LogP contribution in [0.2, 0.25) is 5.02 Å². The largest absolute Gasteiger partial charge is 0.205 e. The Hall–Kier alpha value is -2.12. The van der Waals surface area contributed by atoms with Crippen molar-refractivity contribution in [3.8, 4) is 11.1 Å². The molecule has 1 aliphatic carbocycles. The van der Waals surface area contributed by atoms with Crippen molar-refractivity contribution >= 4 is 11.6 Å². The van der Waals surface area contributed by atoms with Gasteiger partial charge in [0.25, 0.3) is 0 Å². The molecular formula is C30H34ClF. The molecule has 2 heteroatoms. The van der Waals surface area contributed by atoms with Gasteiger partial charge in [0, 0.05) is 0 Å². The van der Waals surface area contributed by atoms with E-state index in [0.29, 0.717) is 0 Å². The summed E-state index contributed by atoms with van der Waals surface area (Å²) in [6.07, 6.45) is 11.5. The monoisotopic (exact) mass is 448 g/mol. The molecule has 1 aliphatic rings. The number of aryl methyl sites for hydroxylation is 2. The van der Waals surface area contributed by atoms with Crippen molar-refractivity contribution in [2.24, 2.45) is 5.92 Å². The van der Waals surface area contributed by atoms with Crippen LogP contribution in [0.3, 0.4) is 0 Å². The van der Waals surface area contributed by atoms with Gasteiger partial charge in [0.15, 0.2) is 0 Å². The van der Waals surface area contributed by atoms with Gasteiger partial charge in [-0.05, 0) is 103 Å². The fourth-order valence-electron chi connectivity index (χ4n) is 5.03. The lowest BCUT2D eigenvalue weighted by atomic mass is 9.76. The van der Waals surface area contributed by atoms with Crippen molar-refractivity contribution in [2.45, 2.75) is 70.6 Å². The Morgan fingerprint density at radius 3 is 2.06 bits per heavy atom. The van der Waals surface area contributed by atoms with E-state index in [9.17, 15) is 4.39 Å². The molecule has 0 aliphatic heterocycles.